The number of carbonyl (C=O) groups is 1. The number of likely N-dealkylation sites (N-methyl/N-ethyl adjacent to an activating group) is 1. The second-order valence-electron chi connectivity index (χ2n) is 6.90. The van der Waals surface area contributed by atoms with E-state index in [0.717, 1.165) is 26.9 Å². The third kappa shape index (κ3) is 4.27. The maximum Gasteiger partial charge on any atom is 0.260 e. The Bertz CT molecular complexity index is 1120. The van der Waals surface area contributed by atoms with Gasteiger partial charge in [0.1, 0.15) is 11.2 Å². The van der Waals surface area contributed by atoms with E-state index in [1.54, 1.807) is 23.3 Å². The first-order valence-corrected chi connectivity index (χ1v) is 10.2. The standard InChI is InChI=1S/C23H21N3O2S/c1-16-8-10-18(11-9-16)19-14-29-23-21(19)22(24-15-25-23)28-13-20(27)26(2)12-17-6-4-3-5-7-17/h3-11,14-15H,12-13H2,1-2H3. The Hall–Kier alpha value is -3.25. The molecular formula is C23H21N3O2S. The van der Waals surface area contributed by atoms with Crippen LogP contribution >= 0.6 is 11.3 Å². The van der Waals surface area contributed by atoms with Gasteiger partial charge in [-0.3, -0.25) is 4.79 Å². The van der Waals surface area contributed by atoms with Crippen LogP contribution in [0.25, 0.3) is 21.3 Å². The summed E-state index contributed by atoms with van der Waals surface area (Å²) in [5, 5.41) is 2.90. The molecule has 0 aliphatic rings. The molecule has 0 saturated carbocycles. The summed E-state index contributed by atoms with van der Waals surface area (Å²) >= 11 is 1.54. The Kier molecular flexibility index (Phi) is 5.53. The molecule has 5 nitrogen and oxygen atoms in total. The first-order valence-electron chi connectivity index (χ1n) is 9.32. The molecule has 2 aromatic carbocycles. The van der Waals surface area contributed by atoms with Crippen LogP contribution in [0.3, 0.4) is 0 Å². The molecule has 2 aromatic heterocycles. The van der Waals surface area contributed by atoms with Crippen LogP contribution in [0.15, 0.2) is 66.3 Å². The summed E-state index contributed by atoms with van der Waals surface area (Å²) in [7, 11) is 1.77. The van der Waals surface area contributed by atoms with Gasteiger partial charge >= 0.3 is 0 Å². The number of aryl methyl sites for hydroxylation is 1. The number of carbonyl (C=O) groups excluding carboxylic acids is 1. The van der Waals surface area contributed by atoms with Crippen molar-refractivity contribution < 1.29 is 9.53 Å². The maximum absolute atomic E-state index is 12.5. The van der Waals surface area contributed by atoms with Crippen LogP contribution in [0, 0.1) is 6.92 Å². The summed E-state index contributed by atoms with van der Waals surface area (Å²) in [6.07, 6.45) is 1.48. The summed E-state index contributed by atoms with van der Waals surface area (Å²) in [4.78, 5) is 23.7. The maximum atomic E-state index is 12.5. The molecule has 0 aliphatic heterocycles. The minimum atomic E-state index is -0.104. The van der Waals surface area contributed by atoms with E-state index >= 15 is 0 Å². The summed E-state index contributed by atoms with van der Waals surface area (Å²) in [5.74, 6) is 0.334. The minimum Gasteiger partial charge on any atom is -0.467 e. The Morgan fingerprint density at radius 1 is 1.07 bits per heavy atom. The zero-order valence-electron chi connectivity index (χ0n) is 16.3. The SMILES string of the molecule is Cc1ccc(-c2csc3ncnc(OCC(=O)N(C)Cc4ccccc4)c23)cc1. The Morgan fingerprint density at radius 2 is 1.83 bits per heavy atom. The van der Waals surface area contributed by atoms with Gasteiger partial charge in [-0.25, -0.2) is 9.97 Å². The van der Waals surface area contributed by atoms with E-state index in [0.29, 0.717) is 12.4 Å². The average molecular weight is 404 g/mol. The van der Waals surface area contributed by atoms with E-state index in [1.165, 1.54) is 11.9 Å². The molecule has 0 fully saturated rings. The number of amides is 1. The van der Waals surface area contributed by atoms with Crippen molar-refractivity contribution in [3.05, 3.63) is 77.4 Å². The van der Waals surface area contributed by atoms with E-state index in [9.17, 15) is 4.79 Å². The van der Waals surface area contributed by atoms with Gasteiger partial charge in [0, 0.05) is 24.5 Å². The smallest absolute Gasteiger partial charge is 0.260 e. The lowest BCUT2D eigenvalue weighted by Gasteiger charge is -2.17. The molecule has 1 amide bonds. The van der Waals surface area contributed by atoms with Gasteiger partial charge in [0.2, 0.25) is 5.88 Å². The fraction of sp³-hybridized carbons (Fsp3) is 0.174. The minimum absolute atomic E-state index is 0.0708. The molecule has 0 N–H and O–H groups in total. The topological polar surface area (TPSA) is 55.3 Å². The van der Waals surface area contributed by atoms with E-state index in [4.69, 9.17) is 4.74 Å². The van der Waals surface area contributed by atoms with Gasteiger partial charge in [-0.1, -0.05) is 60.2 Å². The van der Waals surface area contributed by atoms with Crippen LogP contribution in [0.5, 0.6) is 5.88 Å². The molecular weight excluding hydrogens is 382 g/mol. The van der Waals surface area contributed by atoms with Gasteiger partial charge in [-0.15, -0.1) is 11.3 Å². The second kappa shape index (κ2) is 8.41. The fourth-order valence-electron chi connectivity index (χ4n) is 3.09. The lowest BCUT2D eigenvalue weighted by molar-refractivity contribution is -0.132. The average Bonchev–Trinajstić information content (AvgIpc) is 3.18. The lowest BCUT2D eigenvalue weighted by atomic mass is 10.0. The molecule has 0 spiro atoms. The van der Waals surface area contributed by atoms with Gasteiger partial charge < -0.3 is 9.64 Å². The highest BCUT2D eigenvalue weighted by molar-refractivity contribution is 7.17. The Balaban J connectivity index is 1.53. The highest BCUT2D eigenvalue weighted by atomic mass is 32.1. The number of thiophene rings is 1. The predicted octanol–water partition coefficient (Wildman–Crippen LogP) is 4.70. The molecule has 0 radical (unpaired) electrons. The van der Waals surface area contributed by atoms with Crippen LogP contribution in [-0.2, 0) is 11.3 Å². The van der Waals surface area contributed by atoms with Crippen molar-refractivity contribution in [2.45, 2.75) is 13.5 Å². The van der Waals surface area contributed by atoms with E-state index < -0.39 is 0 Å². The van der Waals surface area contributed by atoms with Crippen LogP contribution in [0.4, 0.5) is 0 Å². The van der Waals surface area contributed by atoms with Crippen molar-refractivity contribution in [3.63, 3.8) is 0 Å². The van der Waals surface area contributed by atoms with Crippen molar-refractivity contribution in [3.8, 4) is 17.0 Å². The summed E-state index contributed by atoms with van der Waals surface area (Å²) in [6.45, 7) is 2.53. The summed E-state index contributed by atoms with van der Waals surface area (Å²) < 4.78 is 5.85. The van der Waals surface area contributed by atoms with Gasteiger partial charge in [0.15, 0.2) is 6.61 Å². The molecule has 2 heterocycles. The van der Waals surface area contributed by atoms with Crippen molar-refractivity contribution in [2.75, 3.05) is 13.7 Å². The fourth-order valence-corrected chi connectivity index (χ4v) is 3.99. The number of ether oxygens (including phenoxy) is 1. The Morgan fingerprint density at radius 3 is 2.59 bits per heavy atom. The van der Waals surface area contributed by atoms with Crippen molar-refractivity contribution >= 4 is 27.5 Å². The monoisotopic (exact) mass is 403 g/mol. The quantitative estimate of drug-likeness (QED) is 0.468. The first-order chi connectivity index (χ1) is 14.1. The van der Waals surface area contributed by atoms with Crippen LogP contribution in [0.1, 0.15) is 11.1 Å². The molecule has 0 saturated heterocycles. The normalized spacial score (nSPS) is 10.8. The highest BCUT2D eigenvalue weighted by Gasteiger charge is 2.16. The highest BCUT2D eigenvalue weighted by Crippen LogP contribution is 2.37. The molecule has 6 heteroatoms. The van der Waals surface area contributed by atoms with Crippen molar-refractivity contribution in [1.29, 1.82) is 0 Å². The molecule has 4 aromatic rings. The summed E-state index contributed by atoms with van der Waals surface area (Å²) in [6, 6.07) is 18.2. The van der Waals surface area contributed by atoms with Gasteiger partial charge in [0.25, 0.3) is 5.91 Å². The molecule has 146 valence electrons. The first kappa shape index (κ1) is 19.1. The van der Waals surface area contributed by atoms with Crippen molar-refractivity contribution in [1.82, 2.24) is 14.9 Å². The number of hydrogen-bond acceptors (Lipinski definition) is 5. The van der Waals surface area contributed by atoms with Crippen LogP contribution in [-0.4, -0.2) is 34.4 Å². The molecule has 0 aliphatic carbocycles. The van der Waals surface area contributed by atoms with Crippen molar-refractivity contribution in [2.24, 2.45) is 0 Å². The van der Waals surface area contributed by atoms with Gasteiger partial charge in [-0.2, -0.15) is 0 Å². The zero-order valence-corrected chi connectivity index (χ0v) is 17.1. The number of hydrogen-bond donors (Lipinski definition) is 0. The Labute approximate surface area is 173 Å². The van der Waals surface area contributed by atoms with E-state index in [2.05, 4.69) is 46.5 Å². The van der Waals surface area contributed by atoms with Crippen LogP contribution in [0.2, 0.25) is 0 Å². The third-order valence-electron chi connectivity index (χ3n) is 4.72. The lowest BCUT2D eigenvalue weighted by Crippen LogP contribution is -2.31. The number of rotatable bonds is 6. The molecule has 0 bridgehead atoms. The summed E-state index contributed by atoms with van der Waals surface area (Å²) in [5.41, 5.74) is 4.38. The number of aromatic nitrogens is 2. The molecule has 29 heavy (non-hydrogen) atoms. The number of fused-ring (bicyclic) bond motifs is 1. The molecule has 0 atom stereocenters. The number of benzene rings is 2. The largest absolute Gasteiger partial charge is 0.467 e. The molecule has 4 rings (SSSR count). The van der Waals surface area contributed by atoms with Crippen LogP contribution < -0.4 is 4.74 Å². The third-order valence-corrected chi connectivity index (χ3v) is 5.61. The number of nitrogens with zero attached hydrogens (tertiary/aromatic N) is 3. The van der Waals surface area contributed by atoms with E-state index in [-0.39, 0.29) is 12.5 Å². The molecule has 0 unspecified atom stereocenters. The zero-order chi connectivity index (χ0) is 20.2. The van der Waals surface area contributed by atoms with Gasteiger partial charge in [0.05, 0.1) is 5.39 Å². The predicted molar refractivity (Wildman–Crippen MR) is 116 cm³/mol. The van der Waals surface area contributed by atoms with E-state index in [1.807, 2.05) is 30.3 Å². The van der Waals surface area contributed by atoms with Gasteiger partial charge in [-0.05, 0) is 18.1 Å². The second-order valence-corrected chi connectivity index (χ2v) is 7.76.